The van der Waals surface area contributed by atoms with Crippen LogP contribution in [0.4, 0.5) is 11.6 Å². The van der Waals surface area contributed by atoms with Gasteiger partial charge in [0.25, 0.3) is 0 Å². The third kappa shape index (κ3) is 4.57. The zero-order valence-corrected chi connectivity index (χ0v) is 16.2. The molecule has 27 heavy (non-hydrogen) atoms. The van der Waals surface area contributed by atoms with Gasteiger partial charge in [-0.15, -0.1) is 0 Å². The zero-order valence-electron chi connectivity index (χ0n) is 16.2. The number of nitrogens with zero attached hydrogens (tertiary/aromatic N) is 4. The first-order chi connectivity index (χ1) is 13.1. The van der Waals surface area contributed by atoms with Crippen LogP contribution in [0.2, 0.25) is 0 Å². The molecule has 0 amide bonds. The summed E-state index contributed by atoms with van der Waals surface area (Å²) in [5.41, 5.74) is 2.73. The molecule has 1 aliphatic heterocycles. The number of likely N-dealkylation sites (N-methyl/N-ethyl adjacent to an activating group) is 1. The number of nitrogens with one attached hydrogen (secondary N) is 1. The van der Waals surface area contributed by atoms with E-state index >= 15 is 0 Å². The van der Waals surface area contributed by atoms with Gasteiger partial charge in [-0.05, 0) is 50.4 Å². The van der Waals surface area contributed by atoms with E-state index < -0.39 is 0 Å². The van der Waals surface area contributed by atoms with Gasteiger partial charge < -0.3 is 20.2 Å². The maximum Gasteiger partial charge on any atom is 0.134 e. The highest BCUT2D eigenvalue weighted by Gasteiger charge is 2.32. The van der Waals surface area contributed by atoms with Gasteiger partial charge in [0.05, 0.1) is 6.10 Å². The summed E-state index contributed by atoms with van der Waals surface area (Å²) in [4.78, 5) is 13.2. The second-order valence-electron chi connectivity index (χ2n) is 8.09. The molecule has 2 atom stereocenters. The van der Waals surface area contributed by atoms with Gasteiger partial charge in [0.2, 0.25) is 0 Å². The second kappa shape index (κ2) is 7.82. The van der Waals surface area contributed by atoms with Crippen molar-refractivity contribution in [1.82, 2.24) is 14.9 Å². The van der Waals surface area contributed by atoms with Crippen LogP contribution in [0, 0.1) is 0 Å². The van der Waals surface area contributed by atoms with Crippen molar-refractivity contribution in [2.75, 3.05) is 37.4 Å². The zero-order chi connectivity index (χ0) is 18.8. The molecule has 4 rings (SSSR count). The van der Waals surface area contributed by atoms with Crippen LogP contribution in [0.15, 0.2) is 36.7 Å². The molecule has 2 aromatic rings. The van der Waals surface area contributed by atoms with E-state index in [0.717, 1.165) is 37.1 Å². The SMILES string of the molecule is CN(C)C[C@H]1C[C@@H](O)CN1c1cc(NCc2cccc(C3CC3)c2)ncn1. The van der Waals surface area contributed by atoms with Crippen LogP contribution in [0.3, 0.4) is 0 Å². The fourth-order valence-corrected chi connectivity index (χ4v) is 3.93. The maximum atomic E-state index is 10.1. The minimum Gasteiger partial charge on any atom is -0.391 e. The van der Waals surface area contributed by atoms with Gasteiger partial charge in [-0.3, -0.25) is 0 Å². The number of aromatic nitrogens is 2. The minimum atomic E-state index is -0.300. The predicted molar refractivity (Wildman–Crippen MR) is 108 cm³/mol. The van der Waals surface area contributed by atoms with E-state index in [1.807, 2.05) is 6.07 Å². The summed E-state index contributed by atoms with van der Waals surface area (Å²) in [6.45, 7) is 2.27. The van der Waals surface area contributed by atoms with Crippen molar-refractivity contribution in [3.63, 3.8) is 0 Å². The molecule has 2 aliphatic rings. The molecular weight excluding hydrogens is 338 g/mol. The molecule has 2 N–H and O–H groups in total. The molecule has 2 fully saturated rings. The number of aliphatic hydroxyl groups is 1. The lowest BCUT2D eigenvalue weighted by Gasteiger charge is -2.27. The molecular formula is C21H29N5O. The smallest absolute Gasteiger partial charge is 0.134 e. The molecule has 1 aromatic carbocycles. The Labute approximate surface area is 161 Å². The van der Waals surface area contributed by atoms with Crippen molar-refractivity contribution in [3.05, 3.63) is 47.8 Å². The lowest BCUT2D eigenvalue weighted by Crippen LogP contribution is -2.38. The third-order valence-electron chi connectivity index (χ3n) is 5.39. The Morgan fingerprint density at radius 3 is 2.85 bits per heavy atom. The Morgan fingerprint density at radius 1 is 1.22 bits per heavy atom. The summed E-state index contributed by atoms with van der Waals surface area (Å²) in [5.74, 6) is 2.47. The standard InChI is InChI=1S/C21H29N5O/c1-25(2)12-18-9-19(27)13-26(18)21-10-20(23-14-24-21)22-11-15-4-3-5-17(8-15)16-6-7-16/h3-5,8,10,14,16,18-19,27H,6-7,9,11-13H2,1-2H3,(H,22,23,24)/t18-,19-/m1/s1. The monoisotopic (exact) mass is 367 g/mol. The molecule has 0 spiro atoms. The number of benzene rings is 1. The van der Waals surface area contributed by atoms with E-state index in [1.165, 1.54) is 24.0 Å². The average molecular weight is 367 g/mol. The Bertz CT molecular complexity index is 777. The molecule has 2 heterocycles. The highest BCUT2D eigenvalue weighted by atomic mass is 16.3. The van der Waals surface area contributed by atoms with Crippen molar-refractivity contribution in [2.24, 2.45) is 0 Å². The largest absolute Gasteiger partial charge is 0.391 e. The lowest BCUT2D eigenvalue weighted by molar-refractivity contribution is 0.191. The van der Waals surface area contributed by atoms with Crippen LogP contribution in [0.25, 0.3) is 0 Å². The van der Waals surface area contributed by atoms with Crippen molar-refractivity contribution in [2.45, 2.75) is 43.9 Å². The Kier molecular flexibility index (Phi) is 5.27. The third-order valence-corrected chi connectivity index (χ3v) is 5.39. The molecule has 1 saturated heterocycles. The van der Waals surface area contributed by atoms with Crippen LogP contribution in [-0.2, 0) is 6.54 Å². The summed E-state index contributed by atoms with van der Waals surface area (Å²) in [6.07, 6.45) is 4.73. The molecule has 6 nitrogen and oxygen atoms in total. The summed E-state index contributed by atoms with van der Waals surface area (Å²) < 4.78 is 0. The topological polar surface area (TPSA) is 64.5 Å². The molecule has 1 aromatic heterocycles. The molecule has 144 valence electrons. The van der Waals surface area contributed by atoms with Crippen LogP contribution in [0.5, 0.6) is 0 Å². The van der Waals surface area contributed by atoms with Crippen LogP contribution >= 0.6 is 0 Å². The van der Waals surface area contributed by atoms with Gasteiger partial charge in [0.1, 0.15) is 18.0 Å². The number of anilines is 2. The number of hydrogen-bond acceptors (Lipinski definition) is 6. The molecule has 0 radical (unpaired) electrons. The van der Waals surface area contributed by atoms with E-state index in [9.17, 15) is 5.11 Å². The normalized spacial score (nSPS) is 22.4. The van der Waals surface area contributed by atoms with Gasteiger partial charge in [-0.25, -0.2) is 9.97 Å². The van der Waals surface area contributed by atoms with Crippen LogP contribution in [-0.4, -0.2) is 59.3 Å². The van der Waals surface area contributed by atoms with E-state index in [2.05, 4.69) is 63.4 Å². The first-order valence-electron chi connectivity index (χ1n) is 9.82. The summed E-state index contributed by atoms with van der Waals surface area (Å²) in [5, 5.41) is 13.5. The summed E-state index contributed by atoms with van der Waals surface area (Å²) >= 11 is 0. The van der Waals surface area contributed by atoms with Crippen LogP contribution < -0.4 is 10.2 Å². The van der Waals surface area contributed by atoms with Crippen molar-refractivity contribution >= 4 is 11.6 Å². The molecule has 0 unspecified atom stereocenters. The molecule has 1 saturated carbocycles. The van der Waals surface area contributed by atoms with Gasteiger partial charge in [-0.1, -0.05) is 24.3 Å². The van der Waals surface area contributed by atoms with Gasteiger partial charge in [0.15, 0.2) is 0 Å². The molecule has 0 bridgehead atoms. The average Bonchev–Trinajstić information content (AvgIpc) is 3.44. The van der Waals surface area contributed by atoms with E-state index in [4.69, 9.17) is 0 Å². The fraction of sp³-hybridized carbons (Fsp3) is 0.524. The van der Waals surface area contributed by atoms with Crippen molar-refractivity contribution < 1.29 is 5.11 Å². The second-order valence-corrected chi connectivity index (χ2v) is 8.09. The summed E-state index contributed by atoms with van der Waals surface area (Å²) in [7, 11) is 4.12. The first kappa shape index (κ1) is 18.2. The van der Waals surface area contributed by atoms with E-state index in [0.29, 0.717) is 6.54 Å². The minimum absolute atomic E-state index is 0.271. The number of hydrogen-bond donors (Lipinski definition) is 2. The van der Waals surface area contributed by atoms with Crippen molar-refractivity contribution in [3.8, 4) is 0 Å². The predicted octanol–water partition coefficient (Wildman–Crippen LogP) is 2.47. The Balaban J connectivity index is 1.43. The Hall–Kier alpha value is -2.18. The maximum absolute atomic E-state index is 10.1. The highest BCUT2D eigenvalue weighted by Crippen LogP contribution is 2.40. The molecule has 1 aliphatic carbocycles. The number of rotatable bonds is 7. The van der Waals surface area contributed by atoms with Gasteiger partial charge in [-0.2, -0.15) is 0 Å². The van der Waals surface area contributed by atoms with Crippen LogP contribution in [0.1, 0.15) is 36.3 Å². The number of aliphatic hydroxyl groups excluding tert-OH is 1. The lowest BCUT2D eigenvalue weighted by atomic mass is 10.1. The fourth-order valence-electron chi connectivity index (χ4n) is 3.93. The first-order valence-corrected chi connectivity index (χ1v) is 9.82. The summed E-state index contributed by atoms with van der Waals surface area (Å²) in [6, 6.07) is 11.1. The van der Waals surface area contributed by atoms with E-state index in [1.54, 1.807) is 6.33 Å². The Morgan fingerprint density at radius 2 is 2.07 bits per heavy atom. The van der Waals surface area contributed by atoms with Gasteiger partial charge in [0, 0.05) is 31.7 Å². The quantitative estimate of drug-likeness (QED) is 0.784. The number of β-amino-alcohol motifs (C(OH)–C–C–N with tert-alkyl or cyclic N) is 1. The highest BCUT2D eigenvalue weighted by molar-refractivity contribution is 5.50. The van der Waals surface area contributed by atoms with Crippen molar-refractivity contribution in [1.29, 1.82) is 0 Å². The molecule has 6 heteroatoms. The van der Waals surface area contributed by atoms with E-state index in [-0.39, 0.29) is 12.1 Å². The van der Waals surface area contributed by atoms with Gasteiger partial charge >= 0.3 is 0 Å².